The number of rotatable bonds is 2. The van der Waals surface area contributed by atoms with Gasteiger partial charge in [0.2, 0.25) is 0 Å². The molecular weight excluding hydrogens is 206 g/mol. The lowest BCUT2D eigenvalue weighted by Crippen LogP contribution is -2.31. The quantitative estimate of drug-likeness (QED) is 0.734. The van der Waals surface area contributed by atoms with Gasteiger partial charge >= 0.3 is 0 Å². The van der Waals surface area contributed by atoms with Crippen molar-refractivity contribution in [1.82, 2.24) is 0 Å². The molecule has 1 nitrogen and oxygen atoms in total. The normalized spacial score (nSPS) is 21.3. The smallest absolute Gasteiger partial charge is 0.0496 e. The van der Waals surface area contributed by atoms with Crippen LogP contribution in [0.3, 0.4) is 0 Å². The lowest BCUT2D eigenvalue weighted by Gasteiger charge is -2.35. The van der Waals surface area contributed by atoms with E-state index in [0.29, 0.717) is 0 Å². The van der Waals surface area contributed by atoms with Gasteiger partial charge in [0.05, 0.1) is 0 Å². The molecule has 0 bridgehead atoms. The maximum absolute atomic E-state index is 2.52. The first-order valence-corrected chi connectivity index (χ1v) is 7.11. The Kier molecular flexibility index (Phi) is 3.35. The van der Waals surface area contributed by atoms with Gasteiger partial charge in [-0.1, -0.05) is 37.5 Å². The van der Waals surface area contributed by atoms with Crippen LogP contribution in [0.2, 0.25) is 0 Å². The molecule has 91 valence electrons. The van der Waals surface area contributed by atoms with E-state index < -0.39 is 0 Å². The van der Waals surface area contributed by atoms with E-state index in [-0.39, 0.29) is 0 Å². The fraction of sp³-hybridized carbons (Fsp3) is 0.562. The fourth-order valence-electron chi connectivity index (χ4n) is 3.30. The first-order valence-electron chi connectivity index (χ1n) is 7.11. The zero-order valence-electron chi connectivity index (χ0n) is 10.6. The monoisotopic (exact) mass is 228 g/mol. The number of fused-ring (bicyclic) bond motifs is 1. The molecule has 1 aliphatic heterocycles. The van der Waals surface area contributed by atoms with Crippen molar-refractivity contribution in [3.8, 4) is 0 Å². The molecule has 1 aromatic carbocycles. The minimum Gasteiger partial charge on any atom is -0.366 e. The van der Waals surface area contributed by atoms with Crippen molar-refractivity contribution in [2.75, 3.05) is 11.4 Å². The lowest BCUT2D eigenvalue weighted by molar-refractivity contribution is 0.360. The van der Waals surface area contributed by atoms with Gasteiger partial charge in [0.1, 0.15) is 0 Å². The Labute approximate surface area is 105 Å². The molecule has 1 aromatic rings. The Bertz CT molecular complexity index is 366. The Morgan fingerprint density at radius 1 is 1.06 bits per heavy atom. The average molecular weight is 228 g/mol. The summed E-state index contributed by atoms with van der Waals surface area (Å²) in [6.07, 6.45) is 9.65. The molecule has 0 spiro atoms. The highest BCUT2D eigenvalue weighted by molar-refractivity contribution is 5.57. The largest absolute Gasteiger partial charge is 0.366 e. The third-order valence-electron chi connectivity index (χ3n) is 4.24. The highest BCUT2D eigenvalue weighted by Gasteiger charge is 2.21. The average Bonchev–Trinajstić information content (AvgIpc) is 2.40. The van der Waals surface area contributed by atoms with Gasteiger partial charge < -0.3 is 4.90 Å². The molecule has 0 aromatic heterocycles. The third-order valence-corrected chi connectivity index (χ3v) is 4.24. The number of hydrogen-bond donors (Lipinski definition) is 0. The van der Waals surface area contributed by atoms with E-state index in [9.17, 15) is 0 Å². The van der Waals surface area contributed by atoms with Crippen LogP contribution in [0, 0.1) is 12.5 Å². The summed E-state index contributed by atoms with van der Waals surface area (Å²) in [7, 11) is 0. The van der Waals surface area contributed by atoms with Crippen LogP contribution in [0.5, 0.6) is 0 Å². The van der Waals surface area contributed by atoms with E-state index in [4.69, 9.17) is 0 Å². The molecule has 0 atom stereocenters. The van der Waals surface area contributed by atoms with Crippen molar-refractivity contribution >= 4 is 5.69 Å². The van der Waals surface area contributed by atoms with Crippen molar-refractivity contribution in [3.05, 3.63) is 36.4 Å². The summed E-state index contributed by atoms with van der Waals surface area (Å²) >= 11 is 0. The number of nitrogens with zero attached hydrogens (tertiary/aromatic N) is 1. The van der Waals surface area contributed by atoms with Crippen LogP contribution in [0.15, 0.2) is 24.3 Å². The summed E-state index contributed by atoms with van der Waals surface area (Å²) in [5, 5.41) is 0. The summed E-state index contributed by atoms with van der Waals surface area (Å²) in [5.74, 6) is 0.922. The number of para-hydroxylation sites is 1. The van der Waals surface area contributed by atoms with Gasteiger partial charge in [0.25, 0.3) is 0 Å². The molecule has 0 N–H and O–H groups in total. The standard InChI is InChI=1S/C16H22N/c1-2-7-14(8-3-1)13-17-12-6-10-15-9-4-5-11-16(15)17/h4-5,9,11-12,14H,1-3,6-8,10,13H2. The summed E-state index contributed by atoms with van der Waals surface area (Å²) in [6.45, 7) is 3.66. The Balaban J connectivity index is 1.71. The highest BCUT2D eigenvalue weighted by Crippen LogP contribution is 2.32. The van der Waals surface area contributed by atoms with Crippen molar-refractivity contribution in [1.29, 1.82) is 0 Å². The van der Waals surface area contributed by atoms with Crippen LogP contribution in [-0.2, 0) is 6.42 Å². The first kappa shape index (κ1) is 11.1. The summed E-state index contributed by atoms with van der Waals surface area (Å²) in [6, 6.07) is 8.92. The van der Waals surface area contributed by atoms with Gasteiger partial charge in [0.15, 0.2) is 0 Å². The topological polar surface area (TPSA) is 3.24 Å². The number of benzene rings is 1. The molecular formula is C16H22N. The second kappa shape index (κ2) is 5.12. The Morgan fingerprint density at radius 3 is 2.76 bits per heavy atom. The van der Waals surface area contributed by atoms with Crippen LogP contribution < -0.4 is 4.90 Å². The first-order chi connectivity index (χ1) is 8.43. The molecule has 1 saturated carbocycles. The number of hydrogen-bond acceptors (Lipinski definition) is 1. The SMILES string of the molecule is [CH]1CCc2ccccc2N1CC1CCCCC1. The molecule has 0 saturated heterocycles. The molecule has 0 amide bonds. The van der Waals surface area contributed by atoms with E-state index in [1.165, 1.54) is 62.7 Å². The molecule has 2 aliphatic rings. The molecule has 1 aliphatic carbocycles. The summed E-state index contributed by atoms with van der Waals surface area (Å²) in [4.78, 5) is 2.52. The third kappa shape index (κ3) is 2.48. The maximum Gasteiger partial charge on any atom is 0.0496 e. The zero-order chi connectivity index (χ0) is 11.5. The zero-order valence-corrected chi connectivity index (χ0v) is 10.6. The van der Waals surface area contributed by atoms with E-state index in [2.05, 4.69) is 35.7 Å². The molecule has 1 fully saturated rings. The number of anilines is 1. The summed E-state index contributed by atoms with van der Waals surface area (Å²) in [5.41, 5.74) is 3.00. The van der Waals surface area contributed by atoms with Crippen molar-refractivity contribution in [2.45, 2.75) is 44.9 Å². The predicted octanol–water partition coefficient (Wildman–Crippen LogP) is 4.18. The van der Waals surface area contributed by atoms with E-state index in [0.717, 1.165) is 5.92 Å². The van der Waals surface area contributed by atoms with Gasteiger partial charge in [0, 0.05) is 18.8 Å². The van der Waals surface area contributed by atoms with Crippen LogP contribution >= 0.6 is 0 Å². The molecule has 17 heavy (non-hydrogen) atoms. The van der Waals surface area contributed by atoms with E-state index in [1.54, 1.807) is 0 Å². The van der Waals surface area contributed by atoms with Gasteiger partial charge in [-0.2, -0.15) is 0 Å². The maximum atomic E-state index is 2.52. The van der Waals surface area contributed by atoms with Gasteiger partial charge in [-0.3, -0.25) is 0 Å². The Hall–Kier alpha value is -0.980. The van der Waals surface area contributed by atoms with Gasteiger partial charge in [-0.15, -0.1) is 0 Å². The Morgan fingerprint density at radius 2 is 1.88 bits per heavy atom. The van der Waals surface area contributed by atoms with E-state index >= 15 is 0 Å². The van der Waals surface area contributed by atoms with Crippen molar-refractivity contribution in [2.24, 2.45) is 5.92 Å². The number of aryl methyl sites for hydroxylation is 1. The molecule has 1 heteroatoms. The van der Waals surface area contributed by atoms with Gasteiger partial charge in [-0.25, -0.2) is 0 Å². The fourth-order valence-corrected chi connectivity index (χ4v) is 3.30. The summed E-state index contributed by atoms with van der Waals surface area (Å²) < 4.78 is 0. The predicted molar refractivity (Wildman–Crippen MR) is 73.0 cm³/mol. The van der Waals surface area contributed by atoms with Crippen molar-refractivity contribution in [3.63, 3.8) is 0 Å². The molecule has 0 unspecified atom stereocenters. The second-order valence-electron chi connectivity index (χ2n) is 5.51. The minimum atomic E-state index is 0.922. The highest BCUT2D eigenvalue weighted by atomic mass is 15.1. The van der Waals surface area contributed by atoms with Gasteiger partial charge in [-0.05, 0) is 43.2 Å². The molecule has 3 rings (SSSR count). The molecule has 1 heterocycles. The minimum absolute atomic E-state index is 0.922. The lowest BCUT2D eigenvalue weighted by atomic mass is 9.88. The van der Waals surface area contributed by atoms with Crippen LogP contribution in [0.4, 0.5) is 5.69 Å². The second-order valence-corrected chi connectivity index (χ2v) is 5.51. The van der Waals surface area contributed by atoms with E-state index in [1.807, 2.05) is 0 Å². The van der Waals surface area contributed by atoms with Crippen LogP contribution in [0.1, 0.15) is 44.1 Å². The van der Waals surface area contributed by atoms with Crippen LogP contribution in [0.25, 0.3) is 0 Å². The van der Waals surface area contributed by atoms with Crippen molar-refractivity contribution < 1.29 is 0 Å². The molecule has 1 radical (unpaired) electrons. The van der Waals surface area contributed by atoms with Crippen LogP contribution in [-0.4, -0.2) is 6.54 Å².